The Labute approximate surface area is 180 Å². The molecule has 1 aromatic carbocycles. The highest BCUT2D eigenvalue weighted by Gasteiger charge is 2.43. The molecule has 6 nitrogen and oxygen atoms in total. The second-order valence-corrected chi connectivity index (χ2v) is 8.22. The van der Waals surface area contributed by atoms with E-state index in [4.69, 9.17) is 16.3 Å². The van der Waals surface area contributed by atoms with Crippen molar-refractivity contribution < 1.29 is 24.2 Å². The summed E-state index contributed by atoms with van der Waals surface area (Å²) in [6.07, 6.45) is 3.42. The predicted octanol–water partition coefficient (Wildman–Crippen LogP) is 4.24. The number of benzene rings is 1. The number of nitrogens with zero attached hydrogens (tertiary/aromatic N) is 1. The van der Waals surface area contributed by atoms with Gasteiger partial charge in [0.25, 0.3) is 0 Å². The number of Topliss-reactive ketones (excluding diaryl/α,β-unsaturated/α-hetero) is 2. The van der Waals surface area contributed by atoms with Crippen LogP contribution in [0.25, 0.3) is 0 Å². The van der Waals surface area contributed by atoms with Crippen molar-refractivity contribution in [1.29, 1.82) is 0 Å². The van der Waals surface area contributed by atoms with E-state index >= 15 is 0 Å². The van der Waals surface area contributed by atoms with Crippen LogP contribution in [-0.2, 0) is 14.4 Å². The molecule has 7 heteroatoms. The van der Waals surface area contributed by atoms with Gasteiger partial charge in [-0.15, -0.1) is 0 Å². The Hall–Kier alpha value is -2.60. The molecular formula is C23H24ClNO5. The van der Waals surface area contributed by atoms with Gasteiger partial charge in [-0.1, -0.05) is 17.7 Å². The number of aliphatic carboxylic acids is 1. The van der Waals surface area contributed by atoms with E-state index < -0.39 is 11.9 Å². The molecule has 0 fully saturated rings. The zero-order valence-electron chi connectivity index (χ0n) is 16.9. The van der Waals surface area contributed by atoms with E-state index in [0.29, 0.717) is 67.1 Å². The van der Waals surface area contributed by atoms with Crippen molar-refractivity contribution in [3.8, 4) is 5.75 Å². The lowest BCUT2D eigenvalue weighted by Crippen LogP contribution is -2.41. The molecule has 1 N–H and O–H groups in total. The third-order valence-electron chi connectivity index (χ3n) is 5.97. The number of allylic oxidation sites excluding steroid dienone is 4. The summed E-state index contributed by atoms with van der Waals surface area (Å²) in [6, 6.07) is 5.39. The molecule has 0 radical (unpaired) electrons. The molecule has 1 aliphatic heterocycles. The topological polar surface area (TPSA) is 83.9 Å². The molecule has 2 aliphatic carbocycles. The summed E-state index contributed by atoms with van der Waals surface area (Å²) in [7, 11) is 0. The highest BCUT2D eigenvalue weighted by molar-refractivity contribution is 6.32. The lowest BCUT2D eigenvalue weighted by molar-refractivity contribution is -0.138. The van der Waals surface area contributed by atoms with Crippen LogP contribution in [0.2, 0.25) is 5.02 Å². The molecule has 0 unspecified atom stereocenters. The molecule has 0 atom stereocenters. The van der Waals surface area contributed by atoms with E-state index in [1.54, 1.807) is 17.0 Å². The van der Waals surface area contributed by atoms with E-state index in [1.165, 1.54) is 0 Å². The number of halogens is 1. The van der Waals surface area contributed by atoms with E-state index in [1.807, 2.05) is 13.0 Å². The normalized spacial score (nSPS) is 19.7. The van der Waals surface area contributed by atoms with Crippen molar-refractivity contribution in [3.05, 3.63) is 51.3 Å². The molecule has 0 saturated carbocycles. The lowest BCUT2D eigenvalue weighted by Gasteiger charge is -2.43. The summed E-state index contributed by atoms with van der Waals surface area (Å²) < 4.78 is 5.53. The fourth-order valence-corrected chi connectivity index (χ4v) is 5.09. The molecule has 0 bridgehead atoms. The van der Waals surface area contributed by atoms with Crippen LogP contribution in [0.5, 0.6) is 5.75 Å². The number of ether oxygens (including phenoxy) is 1. The summed E-state index contributed by atoms with van der Waals surface area (Å²) in [5.41, 5.74) is 3.37. The molecule has 30 heavy (non-hydrogen) atoms. The molecule has 1 heterocycles. The fourth-order valence-electron chi connectivity index (χ4n) is 4.85. The van der Waals surface area contributed by atoms with Crippen molar-refractivity contribution in [2.75, 3.05) is 13.2 Å². The minimum atomic E-state index is -0.979. The Morgan fingerprint density at radius 3 is 2.20 bits per heavy atom. The first-order valence-corrected chi connectivity index (χ1v) is 10.7. The van der Waals surface area contributed by atoms with Gasteiger partial charge in [0, 0.05) is 41.3 Å². The molecule has 0 aromatic heterocycles. The van der Waals surface area contributed by atoms with Crippen molar-refractivity contribution in [2.24, 2.45) is 0 Å². The van der Waals surface area contributed by atoms with Crippen LogP contribution >= 0.6 is 11.6 Å². The van der Waals surface area contributed by atoms with Crippen LogP contribution in [0.4, 0.5) is 0 Å². The van der Waals surface area contributed by atoms with Crippen molar-refractivity contribution in [2.45, 2.75) is 51.4 Å². The van der Waals surface area contributed by atoms with Crippen LogP contribution in [0.3, 0.4) is 0 Å². The maximum atomic E-state index is 13.1. The molecule has 0 spiro atoms. The van der Waals surface area contributed by atoms with Gasteiger partial charge in [-0.05, 0) is 50.3 Å². The van der Waals surface area contributed by atoms with Gasteiger partial charge in [-0.3, -0.25) is 14.4 Å². The van der Waals surface area contributed by atoms with Gasteiger partial charge in [0.15, 0.2) is 11.6 Å². The molecule has 0 amide bonds. The Balaban J connectivity index is 1.92. The Morgan fingerprint density at radius 1 is 1.10 bits per heavy atom. The van der Waals surface area contributed by atoms with Crippen molar-refractivity contribution >= 4 is 29.1 Å². The standard InChI is InChI=1S/C23H24ClNO5/c1-2-30-19-10-9-13(11-14(19)24)21-22-15(5-3-7-17(22)26)25(12-20(28)29)16-6-4-8-18(27)23(16)21/h9-11,21H,2-8,12H2,1H3,(H,28,29). The summed E-state index contributed by atoms with van der Waals surface area (Å²) in [4.78, 5) is 39.4. The quantitative estimate of drug-likeness (QED) is 0.753. The van der Waals surface area contributed by atoms with E-state index in [-0.39, 0.29) is 18.1 Å². The maximum absolute atomic E-state index is 13.1. The largest absolute Gasteiger partial charge is 0.492 e. The molecule has 1 aromatic rings. The summed E-state index contributed by atoms with van der Waals surface area (Å²) in [5.74, 6) is -0.973. The fraction of sp³-hybridized carbons (Fsp3) is 0.435. The molecule has 4 rings (SSSR count). The van der Waals surface area contributed by atoms with Crippen LogP contribution in [0.1, 0.15) is 56.9 Å². The number of carboxylic acids is 1. The number of carbonyl (C=O) groups is 3. The van der Waals surface area contributed by atoms with Crippen molar-refractivity contribution in [3.63, 3.8) is 0 Å². The Morgan fingerprint density at radius 2 is 1.70 bits per heavy atom. The Kier molecular flexibility index (Phi) is 5.69. The average Bonchev–Trinajstić information content (AvgIpc) is 2.70. The first-order valence-electron chi connectivity index (χ1n) is 10.4. The monoisotopic (exact) mass is 429 g/mol. The zero-order valence-corrected chi connectivity index (χ0v) is 17.6. The zero-order chi connectivity index (χ0) is 21.4. The smallest absolute Gasteiger partial charge is 0.323 e. The lowest BCUT2D eigenvalue weighted by atomic mass is 9.71. The number of carbonyl (C=O) groups excluding carboxylic acids is 2. The number of carboxylic acid groups (broad SMARTS) is 1. The minimum absolute atomic E-state index is 0.0217. The third-order valence-corrected chi connectivity index (χ3v) is 6.26. The van der Waals surface area contributed by atoms with Gasteiger partial charge in [0.2, 0.25) is 0 Å². The maximum Gasteiger partial charge on any atom is 0.323 e. The highest BCUT2D eigenvalue weighted by atomic mass is 35.5. The number of rotatable bonds is 5. The van der Waals surface area contributed by atoms with Gasteiger partial charge in [0.1, 0.15) is 12.3 Å². The van der Waals surface area contributed by atoms with E-state index in [2.05, 4.69) is 0 Å². The number of ketones is 2. The van der Waals surface area contributed by atoms with Crippen LogP contribution in [-0.4, -0.2) is 40.7 Å². The molecular weight excluding hydrogens is 406 g/mol. The SMILES string of the molecule is CCOc1ccc(C2C3=C(CCCC3=O)N(CC(=O)O)C3=C2C(=O)CCC3)cc1Cl. The van der Waals surface area contributed by atoms with Gasteiger partial charge >= 0.3 is 5.97 Å². The van der Waals surface area contributed by atoms with Gasteiger partial charge in [-0.25, -0.2) is 0 Å². The van der Waals surface area contributed by atoms with Gasteiger partial charge in [-0.2, -0.15) is 0 Å². The van der Waals surface area contributed by atoms with Crippen LogP contribution in [0.15, 0.2) is 40.7 Å². The Bertz CT molecular complexity index is 949. The third kappa shape index (κ3) is 3.54. The highest BCUT2D eigenvalue weighted by Crippen LogP contribution is 2.49. The van der Waals surface area contributed by atoms with Crippen LogP contribution < -0.4 is 4.74 Å². The second-order valence-electron chi connectivity index (χ2n) is 7.81. The van der Waals surface area contributed by atoms with Gasteiger partial charge < -0.3 is 14.7 Å². The summed E-state index contributed by atoms with van der Waals surface area (Å²) in [6.45, 7) is 2.11. The number of hydrogen-bond acceptors (Lipinski definition) is 5. The first kappa shape index (κ1) is 20.7. The predicted molar refractivity (Wildman–Crippen MR) is 111 cm³/mol. The molecule has 3 aliphatic rings. The van der Waals surface area contributed by atoms with Gasteiger partial charge in [0.05, 0.1) is 11.6 Å². The summed E-state index contributed by atoms with van der Waals surface area (Å²) >= 11 is 6.43. The van der Waals surface area contributed by atoms with E-state index in [9.17, 15) is 19.5 Å². The first-order chi connectivity index (χ1) is 14.4. The minimum Gasteiger partial charge on any atom is -0.492 e. The van der Waals surface area contributed by atoms with Crippen molar-refractivity contribution in [1.82, 2.24) is 4.90 Å². The van der Waals surface area contributed by atoms with Crippen LogP contribution in [0, 0.1) is 0 Å². The average molecular weight is 430 g/mol. The number of hydrogen-bond donors (Lipinski definition) is 1. The molecule has 158 valence electrons. The second kappa shape index (κ2) is 8.26. The van der Waals surface area contributed by atoms with E-state index in [0.717, 1.165) is 17.0 Å². The summed E-state index contributed by atoms with van der Waals surface area (Å²) in [5, 5.41) is 9.92. The molecule has 0 saturated heterocycles.